The normalized spacial score (nSPS) is 12.1. The zero-order chi connectivity index (χ0) is 23.1. The molecular weight excluding hydrogens is 404 g/mol. The van der Waals surface area contributed by atoms with Crippen LogP contribution in [0.3, 0.4) is 0 Å². The fourth-order valence-electron chi connectivity index (χ4n) is 5.17. The maximum Gasteiger partial charge on any atom is 0.143 e. The van der Waals surface area contributed by atoms with Gasteiger partial charge in [-0.25, -0.2) is 0 Å². The van der Waals surface area contributed by atoms with Crippen molar-refractivity contribution in [2.75, 3.05) is 0 Å². The van der Waals surface area contributed by atoms with Gasteiger partial charge in [0, 0.05) is 16.3 Å². The highest BCUT2D eigenvalue weighted by Gasteiger charge is 2.31. The predicted molar refractivity (Wildman–Crippen MR) is 141 cm³/mol. The third kappa shape index (κ3) is 5.17. The summed E-state index contributed by atoms with van der Waals surface area (Å²) in [6.07, 6.45) is 11.0. The number of hydrogen-bond donors (Lipinski definition) is 1. The van der Waals surface area contributed by atoms with Crippen LogP contribution in [0.25, 0.3) is 33.1 Å². The first-order valence-electron chi connectivity index (χ1n) is 12.9. The number of benzene rings is 3. The number of fused-ring (bicyclic) bond motifs is 3. The Kier molecular flexibility index (Phi) is 7.88. The van der Waals surface area contributed by atoms with E-state index in [0.717, 1.165) is 64.3 Å². The summed E-state index contributed by atoms with van der Waals surface area (Å²) in [5.41, 5.74) is 4.21. The van der Waals surface area contributed by atoms with Gasteiger partial charge in [0.15, 0.2) is 0 Å². The fourth-order valence-corrected chi connectivity index (χ4v) is 5.17. The summed E-state index contributed by atoms with van der Waals surface area (Å²) >= 11 is 0. The first kappa shape index (κ1) is 23.6. The van der Waals surface area contributed by atoms with Crippen LogP contribution < -0.4 is 0 Å². The molecular formula is C31H38O2. The Morgan fingerprint density at radius 2 is 1.24 bits per heavy atom. The largest absolute Gasteiger partial charge is 0.455 e. The first-order valence-corrected chi connectivity index (χ1v) is 12.9. The van der Waals surface area contributed by atoms with Crippen molar-refractivity contribution in [1.29, 1.82) is 0 Å². The van der Waals surface area contributed by atoms with Crippen molar-refractivity contribution in [3.63, 3.8) is 0 Å². The first-order chi connectivity index (χ1) is 16.2. The van der Waals surface area contributed by atoms with Gasteiger partial charge in [-0.3, -0.25) is 0 Å². The summed E-state index contributed by atoms with van der Waals surface area (Å²) in [4.78, 5) is 0. The van der Waals surface area contributed by atoms with Gasteiger partial charge in [-0.2, -0.15) is 0 Å². The molecule has 2 heteroatoms. The van der Waals surface area contributed by atoms with Crippen molar-refractivity contribution in [2.24, 2.45) is 0 Å². The van der Waals surface area contributed by atoms with Crippen LogP contribution in [0.15, 0.2) is 71.1 Å². The van der Waals surface area contributed by atoms with E-state index in [2.05, 4.69) is 68.4 Å². The summed E-state index contributed by atoms with van der Waals surface area (Å²) in [5.74, 6) is 0. The van der Waals surface area contributed by atoms with Gasteiger partial charge >= 0.3 is 0 Å². The Balaban J connectivity index is 1.76. The highest BCUT2D eigenvalue weighted by Crippen LogP contribution is 2.42. The SMILES string of the molecule is CCCCCCC(O)(CCCCCC)c1ccccc1-c1cccc2c1oc1ccccc12. The van der Waals surface area contributed by atoms with E-state index in [-0.39, 0.29) is 0 Å². The summed E-state index contributed by atoms with van der Waals surface area (Å²) < 4.78 is 6.35. The molecule has 4 aromatic rings. The third-order valence-corrected chi connectivity index (χ3v) is 7.01. The van der Waals surface area contributed by atoms with Gasteiger partial charge in [-0.05, 0) is 30.0 Å². The van der Waals surface area contributed by atoms with E-state index in [1.165, 1.54) is 38.5 Å². The molecule has 4 rings (SSSR count). The smallest absolute Gasteiger partial charge is 0.143 e. The second-order valence-electron chi connectivity index (χ2n) is 9.48. The molecule has 0 amide bonds. The lowest BCUT2D eigenvalue weighted by molar-refractivity contribution is 0.0138. The number of para-hydroxylation sites is 2. The van der Waals surface area contributed by atoms with E-state index in [1.54, 1.807) is 0 Å². The number of aliphatic hydroxyl groups is 1. The molecule has 0 fully saturated rings. The van der Waals surface area contributed by atoms with Crippen molar-refractivity contribution in [3.05, 3.63) is 72.3 Å². The lowest BCUT2D eigenvalue weighted by Crippen LogP contribution is -2.26. The lowest BCUT2D eigenvalue weighted by atomic mass is 9.79. The topological polar surface area (TPSA) is 33.4 Å². The molecule has 2 nitrogen and oxygen atoms in total. The molecule has 1 heterocycles. The molecule has 1 N–H and O–H groups in total. The predicted octanol–water partition coefficient (Wildman–Crippen LogP) is 9.38. The van der Waals surface area contributed by atoms with Gasteiger partial charge in [-0.1, -0.05) is 126 Å². The van der Waals surface area contributed by atoms with Crippen molar-refractivity contribution in [3.8, 4) is 11.1 Å². The van der Waals surface area contributed by atoms with Crippen LogP contribution in [0, 0.1) is 0 Å². The van der Waals surface area contributed by atoms with Crippen LogP contribution in [0.2, 0.25) is 0 Å². The molecule has 0 aliphatic carbocycles. The average Bonchev–Trinajstić information content (AvgIpc) is 3.24. The minimum absolute atomic E-state index is 0.812. The second-order valence-corrected chi connectivity index (χ2v) is 9.48. The van der Waals surface area contributed by atoms with Gasteiger partial charge in [0.05, 0.1) is 5.60 Å². The van der Waals surface area contributed by atoms with E-state index in [0.29, 0.717) is 0 Å². The second kappa shape index (κ2) is 11.0. The zero-order valence-electron chi connectivity index (χ0n) is 20.3. The van der Waals surface area contributed by atoms with E-state index < -0.39 is 5.60 Å². The Bertz CT molecular complexity index is 1160. The van der Waals surface area contributed by atoms with Crippen LogP contribution in [-0.4, -0.2) is 5.11 Å². The molecule has 1 aromatic heterocycles. The molecule has 0 aliphatic rings. The minimum Gasteiger partial charge on any atom is -0.455 e. The van der Waals surface area contributed by atoms with Gasteiger partial charge in [0.1, 0.15) is 11.2 Å². The highest BCUT2D eigenvalue weighted by atomic mass is 16.3. The third-order valence-electron chi connectivity index (χ3n) is 7.01. The molecule has 3 aromatic carbocycles. The van der Waals surface area contributed by atoms with Crippen LogP contribution >= 0.6 is 0 Å². The molecule has 0 spiro atoms. The summed E-state index contributed by atoms with van der Waals surface area (Å²) in [7, 11) is 0. The Morgan fingerprint density at radius 1 is 0.636 bits per heavy atom. The van der Waals surface area contributed by atoms with Crippen LogP contribution in [0.5, 0.6) is 0 Å². The number of rotatable bonds is 12. The molecule has 0 aliphatic heterocycles. The van der Waals surface area contributed by atoms with Crippen molar-refractivity contribution in [1.82, 2.24) is 0 Å². The maximum atomic E-state index is 12.1. The van der Waals surface area contributed by atoms with Crippen LogP contribution in [-0.2, 0) is 5.60 Å². The summed E-state index contributed by atoms with van der Waals surface area (Å²) in [5, 5.41) is 14.4. The van der Waals surface area contributed by atoms with Crippen molar-refractivity contribution in [2.45, 2.75) is 83.7 Å². The number of hydrogen-bond acceptors (Lipinski definition) is 2. The Labute approximate surface area is 198 Å². The van der Waals surface area contributed by atoms with Gasteiger partial charge in [0.2, 0.25) is 0 Å². The molecule has 0 atom stereocenters. The molecule has 33 heavy (non-hydrogen) atoms. The van der Waals surface area contributed by atoms with Crippen LogP contribution in [0.1, 0.15) is 83.6 Å². The van der Waals surface area contributed by atoms with E-state index in [1.807, 2.05) is 12.1 Å². The van der Waals surface area contributed by atoms with Gasteiger partial charge in [-0.15, -0.1) is 0 Å². The van der Waals surface area contributed by atoms with Gasteiger partial charge < -0.3 is 9.52 Å². The minimum atomic E-state index is -0.813. The highest BCUT2D eigenvalue weighted by molar-refractivity contribution is 6.09. The monoisotopic (exact) mass is 442 g/mol. The average molecular weight is 443 g/mol. The summed E-state index contributed by atoms with van der Waals surface area (Å²) in [6, 6.07) is 23.0. The van der Waals surface area contributed by atoms with Crippen molar-refractivity contribution >= 4 is 21.9 Å². The molecule has 0 bridgehead atoms. The molecule has 174 valence electrons. The standard InChI is InChI=1S/C31H38O2/c1-3-5-7-13-22-31(32,23-14-8-6-4-2)28-20-11-9-16-24(28)26-18-15-19-27-25-17-10-12-21-29(25)33-30(26)27/h9-12,15-21,32H,3-8,13-14,22-23H2,1-2H3. The molecule has 0 radical (unpaired) electrons. The Hall–Kier alpha value is -2.58. The van der Waals surface area contributed by atoms with E-state index >= 15 is 0 Å². The van der Waals surface area contributed by atoms with E-state index in [9.17, 15) is 5.11 Å². The quantitative estimate of drug-likeness (QED) is 0.222. The molecule has 0 saturated heterocycles. The number of unbranched alkanes of at least 4 members (excludes halogenated alkanes) is 6. The fraction of sp³-hybridized carbons (Fsp3) is 0.419. The Morgan fingerprint density at radius 3 is 1.97 bits per heavy atom. The molecule has 0 saturated carbocycles. The lowest BCUT2D eigenvalue weighted by Gasteiger charge is -2.31. The van der Waals surface area contributed by atoms with Crippen molar-refractivity contribution < 1.29 is 9.52 Å². The summed E-state index contributed by atoms with van der Waals surface area (Å²) in [6.45, 7) is 4.47. The van der Waals surface area contributed by atoms with Crippen LogP contribution in [0.4, 0.5) is 0 Å². The van der Waals surface area contributed by atoms with Gasteiger partial charge in [0.25, 0.3) is 0 Å². The van der Waals surface area contributed by atoms with E-state index in [4.69, 9.17) is 4.42 Å². The number of furan rings is 1. The molecule has 0 unspecified atom stereocenters. The maximum absolute atomic E-state index is 12.1. The zero-order valence-corrected chi connectivity index (χ0v) is 20.3.